The van der Waals surface area contributed by atoms with E-state index >= 15 is 0 Å². The molecule has 0 radical (unpaired) electrons. The number of nitrogens with one attached hydrogen (secondary N) is 7. The first kappa shape index (κ1) is 75.8. The van der Waals surface area contributed by atoms with Gasteiger partial charge in [-0.3, -0.25) is 68.3 Å². The highest BCUT2D eigenvalue weighted by Crippen LogP contribution is 2.11. The van der Waals surface area contributed by atoms with Crippen molar-refractivity contribution in [2.45, 2.75) is 157 Å². The molecule has 0 aliphatic heterocycles. The van der Waals surface area contributed by atoms with E-state index in [2.05, 4.69) is 67.2 Å². The van der Waals surface area contributed by atoms with E-state index < -0.39 is 114 Å². The minimum atomic E-state index is -1.66. The number of carboxylic acids is 1. The summed E-state index contributed by atoms with van der Waals surface area (Å²) in [6.07, 6.45) is 0.0670. The molecule has 0 saturated heterocycles. The van der Waals surface area contributed by atoms with E-state index in [0.717, 1.165) is 0 Å². The number of carbonyl (C=O) groups excluding carboxylic acids is 8. The summed E-state index contributed by atoms with van der Waals surface area (Å²) in [5.41, 5.74) is 82.9. The summed E-state index contributed by atoms with van der Waals surface area (Å²) in [6.45, 7) is 0.396. The van der Waals surface area contributed by atoms with Gasteiger partial charge in [0.15, 0.2) is 35.8 Å². The third kappa shape index (κ3) is 37.5. The summed E-state index contributed by atoms with van der Waals surface area (Å²) >= 11 is 0. The second-order valence-electron chi connectivity index (χ2n) is 19.4. The molecule has 0 spiro atoms. The maximum atomic E-state index is 14.5. The zero-order valence-corrected chi connectivity index (χ0v) is 48.1. The first-order valence-electron chi connectivity index (χ1n) is 27.5. The van der Waals surface area contributed by atoms with Gasteiger partial charge in [0.2, 0.25) is 47.3 Å². The summed E-state index contributed by atoms with van der Waals surface area (Å²) < 4.78 is 0. The molecule has 0 bridgehead atoms. The first-order valence-corrected chi connectivity index (χ1v) is 27.5. The number of carbonyl (C=O) groups is 9. The Hall–Kier alpha value is -9.23. The lowest BCUT2D eigenvalue weighted by molar-refractivity contribution is -0.142. The van der Waals surface area contributed by atoms with Crippen molar-refractivity contribution in [3.05, 3.63) is 0 Å². The maximum Gasteiger partial charge on any atom is 0.326 e. The van der Waals surface area contributed by atoms with Crippen molar-refractivity contribution in [2.75, 3.05) is 45.8 Å². The summed E-state index contributed by atoms with van der Waals surface area (Å²) in [5.74, 6) is -10.1. The van der Waals surface area contributed by atoms with Gasteiger partial charge in [0.25, 0.3) is 0 Å². The number of carboxylic acid groups (broad SMARTS) is 1. The molecule has 8 atom stereocenters. The van der Waals surface area contributed by atoms with Gasteiger partial charge in [-0.2, -0.15) is 0 Å². The molecule has 0 aromatic rings. The van der Waals surface area contributed by atoms with Crippen LogP contribution in [-0.4, -0.2) is 188 Å². The van der Waals surface area contributed by atoms with Crippen LogP contribution in [0.5, 0.6) is 0 Å². The molecule has 0 unspecified atom stereocenters. The zero-order chi connectivity index (χ0) is 64.4. The van der Waals surface area contributed by atoms with Crippen LogP contribution in [0.25, 0.3) is 0 Å². The number of hydrogen-bond donors (Lipinski definition) is 23. The number of nitrogens with two attached hydrogens (primary N) is 15. The minimum absolute atomic E-state index is 0.000988. The topological polar surface area (TPSA) is 723 Å². The van der Waals surface area contributed by atoms with E-state index in [0.29, 0.717) is 19.3 Å². The summed E-state index contributed by atoms with van der Waals surface area (Å²) in [7, 11) is 0. The average molecular weight is 1210 g/mol. The van der Waals surface area contributed by atoms with Crippen molar-refractivity contribution in [2.24, 2.45) is 116 Å². The number of primary amides is 1. The van der Waals surface area contributed by atoms with Crippen LogP contribution < -0.4 is 123 Å². The predicted octanol–water partition coefficient (Wildman–Crippen LogP) is -10.5. The standard InChI is InChI=1S/C47H94N28O10/c48-18-2-1-10-26(69-34(77)25(49)9-3-19-63-42(51)52)35(78)70-27(11-4-20-64-43(53)54)36(79)71-29(13-6-22-66-45(57)58)38(81)74-31(16-17-33(50)76)40(83)73-28(12-5-21-65-44(55)56)37(80)72-30(14-7-23-67-46(59)60)39(82)75-32(41(84)85)15-8-24-68-47(61)62/h25-32H,1-24,48-49H2,(H2,50,76)(H,69,77)(H,70,78)(H,71,79)(H,72,80)(H,73,83)(H,74,81)(H,75,82)(H,84,85)(H4,51,52,63)(H4,53,54,64)(H4,55,56,65)(H4,57,58,66)(H4,59,60,67)(H4,61,62,68)/t25-,26-,27-,28-,29-,30-,31-,32-/m0/s1. The molecule has 0 heterocycles. The molecule has 38 N–H and O–H groups in total. The van der Waals surface area contributed by atoms with E-state index in [4.69, 9.17) is 86.0 Å². The molecule has 0 aromatic carbocycles. The van der Waals surface area contributed by atoms with Gasteiger partial charge < -0.3 is 128 Å². The van der Waals surface area contributed by atoms with E-state index in [9.17, 15) is 48.3 Å². The van der Waals surface area contributed by atoms with Crippen molar-refractivity contribution in [1.29, 1.82) is 0 Å². The lowest BCUT2D eigenvalue weighted by Crippen LogP contribution is -2.60. The van der Waals surface area contributed by atoms with Crippen LogP contribution in [0.4, 0.5) is 0 Å². The highest BCUT2D eigenvalue weighted by Gasteiger charge is 2.34. The molecule has 0 rings (SSSR count). The second kappa shape index (κ2) is 43.5. The highest BCUT2D eigenvalue weighted by atomic mass is 16.4. The smallest absolute Gasteiger partial charge is 0.326 e. The number of aliphatic carboxylic acids is 1. The Kier molecular flexibility index (Phi) is 38.7. The van der Waals surface area contributed by atoms with Crippen LogP contribution in [0.1, 0.15) is 109 Å². The monoisotopic (exact) mass is 1210 g/mol. The fourth-order valence-corrected chi connectivity index (χ4v) is 7.73. The Morgan fingerprint density at radius 1 is 0.306 bits per heavy atom. The zero-order valence-electron chi connectivity index (χ0n) is 48.1. The van der Waals surface area contributed by atoms with E-state index in [1.807, 2.05) is 0 Å². The molecular weight excluding hydrogens is 1120 g/mol. The lowest BCUT2D eigenvalue weighted by atomic mass is 10.0. The molecule has 0 aliphatic carbocycles. The number of hydrogen-bond acceptors (Lipinski definition) is 17. The molecule has 482 valence electrons. The van der Waals surface area contributed by atoms with E-state index in [1.54, 1.807) is 0 Å². The molecule has 8 amide bonds. The molecule has 38 nitrogen and oxygen atoms in total. The quantitative estimate of drug-likeness (QED) is 0.0153. The third-order valence-corrected chi connectivity index (χ3v) is 12.1. The number of rotatable bonds is 46. The summed E-state index contributed by atoms with van der Waals surface area (Å²) in [5, 5.41) is 27.8. The Balaban J connectivity index is 7.27. The van der Waals surface area contributed by atoms with Crippen LogP contribution in [0, 0.1) is 0 Å². The Labute approximate surface area is 492 Å². The van der Waals surface area contributed by atoms with Crippen LogP contribution in [-0.2, 0) is 43.2 Å². The van der Waals surface area contributed by atoms with Crippen molar-refractivity contribution < 1.29 is 48.3 Å². The van der Waals surface area contributed by atoms with Gasteiger partial charge in [-0.1, -0.05) is 0 Å². The van der Waals surface area contributed by atoms with Crippen LogP contribution in [0.2, 0.25) is 0 Å². The van der Waals surface area contributed by atoms with Gasteiger partial charge in [-0.25, -0.2) is 4.79 Å². The minimum Gasteiger partial charge on any atom is -0.480 e. The summed E-state index contributed by atoms with van der Waals surface area (Å²) in [6, 6.07) is -11.4. The van der Waals surface area contributed by atoms with Gasteiger partial charge in [0.1, 0.15) is 42.3 Å². The third-order valence-electron chi connectivity index (χ3n) is 12.1. The van der Waals surface area contributed by atoms with Gasteiger partial charge in [-0.15, -0.1) is 0 Å². The fourth-order valence-electron chi connectivity index (χ4n) is 7.73. The van der Waals surface area contributed by atoms with Gasteiger partial charge in [0.05, 0.1) is 6.04 Å². The molecule has 38 heteroatoms. The largest absolute Gasteiger partial charge is 0.480 e. The fraction of sp³-hybridized carbons (Fsp3) is 0.681. The molecule has 0 fully saturated rings. The number of guanidine groups is 6. The second-order valence-corrected chi connectivity index (χ2v) is 19.4. The summed E-state index contributed by atoms with van der Waals surface area (Å²) in [4.78, 5) is 146. The van der Waals surface area contributed by atoms with Crippen LogP contribution in [0.3, 0.4) is 0 Å². The predicted molar refractivity (Wildman–Crippen MR) is 320 cm³/mol. The van der Waals surface area contributed by atoms with Crippen molar-refractivity contribution in [1.82, 2.24) is 37.2 Å². The lowest BCUT2D eigenvalue weighted by Gasteiger charge is -2.28. The molecule has 85 heavy (non-hydrogen) atoms. The number of nitrogens with zero attached hydrogens (tertiary/aromatic N) is 6. The Morgan fingerprint density at radius 3 is 0.776 bits per heavy atom. The van der Waals surface area contributed by atoms with Crippen LogP contribution >= 0.6 is 0 Å². The molecule has 0 saturated carbocycles. The average Bonchev–Trinajstić information content (AvgIpc) is 3.50. The maximum absolute atomic E-state index is 14.5. The van der Waals surface area contributed by atoms with E-state index in [1.165, 1.54) is 0 Å². The SMILES string of the molecule is NCCCC[C@H](NC(=O)[C@@H](N)CCCN=C(N)N)C(=O)N[C@@H](CCCN=C(N)N)C(=O)N[C@@H](CCCN=C(N)N)C(=O)N[C@@H](CCC(N)=O)C(=O)N[C@@H](CCCN=C(N)N)C(=O)N[C@@H](CCCN=C(N)N)C(=O)N[C@@H](CCCN=C(N)N)C(=O)O. The van der Waals surface area contributed by atoms with Crippen molar-refractivity contribution >= 4 is 89.0 Å². The van der Waals surface area contributed by atoms with Gasteiger partial charge >= 0.3 is 5.97 Å². The highest BCUT2D eigenvalue weighted by molar-refractivity contribution is 5.98. The first-order chi connectivity index (χ1) is 40.1. The van der Waals surface area contributed by atoms with Gasteiger partial charge in [0, 0.05) is 45.7 Å². The molecule has 0 aliphatic rings. The number of amides is 8. The normalized spacial score (nSPS) is 13.5. The number of aliphatic imine (C=N–C) groups is 6. The van der Waals surface area contributed by atoms with Crippen LogP contribution in [0.15, 0.2) is 30.0 Å². The Morgan fingerprint density at radius 2 is 0.529 bits per heavy atom. The van der Waals surface area contributed by atoms with Crippen molar-refractivity contribution in [3.63, 3.8) is 0 Å². The number of unbranched alkanes of at least 4 members (excludes halogenated alkanes) is 1. The van der Waals surface area contributed by atoms with Gasteiger partial charge in [-0.05, 0) is 109 Å². The molecule has 0 aromatic heterocycles. The Bertz CT molecular complexity index is 2310. The van der Waals surface area contributed by atoms with Crippen molar-refractivity contribution in [3.8, 4) is 0 Å². The molecular formula is C47H94N28O10. The van der Waals surface area contributed by atoms with E-state index in [-0.39, 0.29) is 159 Å².